The molecule has 1 spiro atoms. The summed E-state index contributed by atoms with van der Waals surface area (Å²) in [6, 6.07) is 103. The van der Waals surface area contributed by atoms with Crippen LogP contribution in [0.3, 0.4) is 0 Å². The summed E-state index contributed by atoms with van der Waals surface area (Å²) in [5, 5.41) is 2.58. The minimum absolute atomic E-state index is 0.189. The fourth-order valence-corrected chi connectivity index (χ4v) is 13.4. The van der Waals surface area contributed by atoms with Crippen molar-refractivity contribution in [1.29, 1.82) is 0 Å². The van der Waals surface area contributed by atoms with Crippen molar-refractivity contribution in [2.75, 3.05) is 4.90 Å². The van der Waals surface area contributed by atoms with Gasteiger partial charge >= 0.3 is 0 Å². The molecule has 1 aromatic heterocycles. The van der Waals surface area contributed by atoms with Gasteiger partial charge in [0.2, 0.25) is 0 Å². The smallest absolute Gasteiger partial charge is 0.0725 e. The van der Waals surface area contributed by atoms with Crippen molar-refractivity contribution in [3.05, 3.63) is 335 Å². The highest BCUT2D eigenvalue weighted by Gasteiger charge is 2.51. The van der Waals surface area contributed by atoms with Crippen molar-refractivity contribution >= 4 is 38.9 Å². The Morgan fingerprint density at radius 2 is 0.873 bits per heavy atom. The quantitative estimate of drug-likeness (QED) is 0.167. The van der Waals surface area contributed by atoms with E-state index in [2.05, 4.69) is 297 Å². The number of hydrogen-bond donors (Lipinski definition) is 0. The number of anilines is 3. The van der Waals surface area contributed by atoms with Crippen molar-refractivity contribution in [2.45, 2.75) is 32.6 Å². The predicted octanol–water partition coefficient (Wildman–Crippen LogP) is 20.1. The Bertz CT molecular complexity index is 4330. The number of para-hydroxylation sites is 4. The normalized spacial score (nSPS) is 12.5. The van der Waals surface area contributed by atoms with E-state index in [1.807, 2.05) is 18.2 Å². The standard InChI is InChI=1S/C44H32N2.C26H18.C7H8/c1-30-25-32(27-36(26-30)45(33-16-5-2-6-17-33)34-18-7-3-8-19-34)39-29-40-38-23-13-14-24-42(38)46(35-20-9-4-10-21-35)44(40)41-28-31-15-11-12-22-37(31)43(39)41;1-17-9-8-16-24-25(17)20-12-4-7-15-23(20)26(24)21-13-5-2-10-18(21)19-11-3-6-14-22(19)26;1-7-5-3-2-4-6-7/h2-27,29H,28H2,1H3;2-16H,1H3;2-6H,1H3. The lowest BCUT2D eigenvalue weighted by atomic mass is 9.70. The van der Waals surface area contributed by atoms with E-state index >= 15 is 0 Å². The second-order valence-corrected chi connectivity index (χ2v) is 21.3. The third-order valence-corrected chi connectivity index (χ3v) is 16.6. The van der Waals surface area contributed by atoms with Gasteiger partial charge in [-0.3, -0.25) is 0 Å². The van der Waals surface area contributed by atoms with Gasteiger partial charge in [-0.25, -0.2) is 0 Å². The second-order valence-electron chi connectivity index (χ2n) is 21.3. The Labute approximate surface area is 463 Å². The molecule has 12 aromatic carbocycles. The molecule has 3 aliphatic rings. The van der Waals surface area contributed by atoms with Gasteiger partial charge in [-0.05, 0) is 170 Å². The van der Waals surface area contributed by atoms with Crippen LogP contribution in [0.1, 0.15) is 50.1 Å². The Hall–Kier alpha value is -9.76. The summed E-state index contributed by atoms with van der Waals surface area (Å²) in [5.74, 6) is 0. The van der Waals surface area contributed by atoms with Crippen LogP contribution in [0, 0.1) is 20.8 Å². The molecule has 2 nitrogen and oxygen atoms in total. The van der Waals surface area contributed by atoms with E-state index in [0.29, 0.717) is 0 Å². The molecule has 0 atom stereocenters. The number of fused-ring (bicyclic) bond motifs is 17. The average molecular weight is 1010 g/mol. The van der Waals surface area contributed by atoms with Gasteiger partial charge in [0.15, 0.2) is 0 Å². The maximum Gasteiger partial charge on any atom is 0.0725 e. The van der Waals surface area contributed by atoms with Crippen LogP contribution in [-0.4, -0.2) is 4.57 Å². The fourth-order valence-electron chi connectivity index (χ4n) is 13.4. The van der Waals surface area contributed by atoms with Crippen LogP contribution in [0.4, 0.5) is 17.1 Å². The Kier molecular flexibility index (Phi) is 11.9. The first-order valence-corrected chi connectivity index (χ1v) is 27.6. The highest BCUT2D eigenvalue weighted by Crippen LogP contribution is 2.63. The van der Waals surface area contributed by atoms with Gasteiger partial charge in [-0.15, -0.1) is 0 Å². The average Bonchev–Trinajstić information content (AvgIpc) is 3.89. The molecule has 0 aliphatic heterocycles. The summed E-state index contributed by atoms with van der Waals surface area (Å²) >= 11 is 0. The van der Waals surface area contributed by atoms with E-state index in [4.69, 9.17) is 0 Å². The van der Waals surface area contributed by atoms with Crippen LogP contribution in [0.15, 0.2) is 285 Å². The van der Waals surface area contributed by atoms with Crippen molar-refractivity contribution in [2.24, 2.45) is 0 Å². The lowest BCUT2D eigenvalue weighted by molar-refractivity contribution is 0.793. The molecule has 0 saturated heterocycles. The zero-order chi connectivity index (χ0) is 53.0. The molecule has 0 radical (unpaired) electrons. The first kappa shape index (κ1) is 47.7. The van der Waals surface area contributed by atoms with Gasteiger partial charge in [-0.1, -0.05) is 230 Å². The molecule has 16 rings (SSSR count). The number of rotatable bonds is 5. The third-order valence-electron chi connectivity index (χ3n) is 16.6. The third kappa shape index (κ3) is 7.85. The Morgan fingerprint density at radius 1 is 0.354 bits per heavy atom. The molecule has 0 amide bonds. The largest absolute Gasteiger partial charge is 0.310 e. The minimum Gasteiger partial charge on any atom is -0.310 e. The molecule has 0 N–H and O–H groups in total. The maximum atomic E-state index is 2.48. The molecule has 79 heavy (non-hydrogen) atoms. The van der Waals surface area contributed by atoms with Gasteiger partial charge in [0.1, 0.15) is 0 Å². The number of hydrogen-bond acceptors (Lipinski definition) is 1. The monoisotopic (exact) mass is 1010 g/mol. The van der Waals surface area contributed by atoms with Crippen LogP contribution in [-0.2, 0) is 11.8 Å². The lowest BCUT2D eigenvalue weighted by Gasteiger charge is -2.30. The van der Waals surface area contributed by atoms with E-state index in [1.54, 1.807) is 0 Å². The Balaban J connectivity index is 0.000000142. The highest BCUT2D eigenvalue weighted by atomic mass is 15.1. The van der Waals surface area contributed by atoms with Crippen LogP contribution >= 0.6 is 0 Å². The molecule has 2 heteroatoms. The van der Waals surface area contributed by atoms with E-state index in [0.717, 1.165) is 23.5 Å². The number of aromatic nitrogens is 1. The van der Waals surface area contributed by atoms with Crippen LogP contribution in [0.25, 0.3) is 72.0 Å². The van der Waals surface area contributed by atoms with E-state index in [-0.39, 0.29) is 5.41 Å². The van der Waals surface area contributed by atoms with E-state index in [1.165, 1.54) is 122 Å². The summed E-state index contributed by atoms with van der Waals surface area (Å²) < 4.78 is 2.48. The summed E-state index contributed by atoms with van der Waals surface area (Å²) in [6.07, 6.45) is 0.915. The zero-order valence-electron chi connectivity index (χ0n) is 44.7. The molecule has 0 unspecified atom stereocenters. The summed E-state index contributed by atoms with van der Waals surface area (Å²) in [7, 11) is 0. The van der Waals surface area contributed by atoms with Gasteiger partial charge < -0.3 is 9.47 Å². The maximum absolute atomic E-state index is 2.48. The van der Waals surface area contributed by atoms with Gasteiger partial charge in [-0.2, -0.15) is 0 Å². The minimum atomic E-state index is -0.189. The molecular formula is C77H58N2. The van der Waals surface area contributed by atoms with E-state index < -0.39 is 0 Å². The van der Waals surface area contributed by atoms with Gasteiger partial charge in [0, 0.05) is 39.9 Å². The zero-order valence-corrected chi connectivity index (χ0v) is 44.7. The van der Waals surface area contributed by atoms with Crippen molar-refractivity contribution < 1.29 is 0 Å². The summed E-state index contributed by atoms with van der Waals surface area (Å²) in [5.41, 5.74) is 30.1. The second kappa shape index (κ2) is 19.7. The predicted molar refractivity (Wildman–Crippen MR) is 333 cm³/mol. The van der Waals surface area contributed by atoms with Crippen molar-refractivity contribution in [3.8, 4) is 50.2 Å². The molecule has 0 saturated carbocycles. The van der Waals surface area contributed by atoms with Crippen molar-refractivity contribution in [3.63, 3.8) is 0 Å². The Morgan fingerprint density at radius 3 is 1.51 bits per heavy atom. The van der Waals surface area contributed by atoms with Crippen molar-refractivity contribution in [1.82, 2.24) is 4.57 Å². The summed E-state index contributed by atoms with van der Waals surface area (Å²) in [6.45, 7) is 6.54. The lowest BCUT2D eigenvalue weighted by Crippen LogP contribution is -2.25. The SMILES string of the molecule is Cc1cc(-c2cc3c4ccccc4n(-c4ccccc4)c3c3c2-c2ccccc2C3)cc(N(c2ccccc2)c2ccccc2)c1.Cc1cccc2c1-c1ccccc1C21c2ccccc2-c2ccccc21.Cc1ccccc1. The molecule has 0 bridgehead atoms. The first-order chi connectivity index (χ1) is 39.0. The fraction of sp³-hybridized carbons (Fsp3) is 0.0649. The number of nitrogens with zero attached hydrogens (tertiary/aromatic N) is 2. The topological polar surface area (TPSA) is 8.17 Å². The molecule has 3 aliphatic carbocycles. The van der Waals surface area contributed by atoms with Crippen LogP contribution in [0.5, 0.6) is 0 Å². The van der Waals surface area contributed by atoms with Crippen LogP contribution < -0.4 is 4.90 Å². The van der Waals surface area contributed by atoms with Crippen LogP contribution in [0.2, 0.25) is 0 Å². The van der Waals surface area contributed by atoms with Gasteiger partial charge in [0.05, 0.1) is 16.4 Å². The molecule has 376 valence electrons. The van der Waals surface area contributed by atoms with E-state index in [9.17, 15) is 0 Å². The molecule has 13 aromatic rings. The highest BCUT2D eigenvalue weighted by molar-refractivity contribution is 6.15. The summed E-state index contributed by atoms with van der Waals surface area (Å²) in [4.78, 5) is 2.37. The molecule has 0 fully saturated rings. The molecular weight excluding hydrogens is 953 g/mol. The first-order valence-electron chi connectivity index (χ1n) is 27.6. The number of benzene rings is 12. The molecule has 1 heterocycles. The number of aryl methyl sites for hydroxylation is 3. The van der Waals surface area contributed by atoms with Gasteiger partial charge in [0.25, 0.3) is 0 Å².